The Labute approximate surface area is 85.7 Å². The number of ether oxygens (including phenoxy) is 1. The molecular formula is C11H19NO2. The number of amides is 1. The van der Waals surface area contributed by atoms with Gasteiger partial charge in [-0.15, -0.1) is 0 Å². The Morgan fingerprint density at radius 3 is 2.00 bits per heavy atom. The smallest absolute Gasteiger partial charge is 0.410 e. The van der Waals surface area contributed by atoms with Crippen molar-refractivity contribution in [2.45, 2.75) is 40.2 Å². The summed E-state index contributed by atoms with van der Waals surface area (Å²) in [7, 11) is 0. The second-order valence-electron chi connectivity index (χ2n) is 4.90. The predicted molar refractivity (Wildman–Crippen MR) is 56.2 cm³/mol. The van der Waals surface area contributed by atoms with Crippen LogP contribution in [0.2, 0.25) is 0 Å². The first-order valence-corrected chi connectivity index (χ1v) is 4.93. The normalized spacial score (nSPS) is 17.6. The Hall–Kier alpha value is -0.990. The van der Waals surface area contributed by atoms with Crippen LogP contribution in [-0.4, -0.2) is 29.7 Å². The molecule has 3 nitrogen and oxygen atoms in total. The van der Waals surface area contributed by atoms with Gasteiger partial charge in [0, 0.05) is 13.1 Å². The van der Waals surface area contributed by atoms with Crippen LogP contribution in [-0.2, 0) is 4.74 Å². The van der Waals surface area contributed by atoms with Crippen LogP contribution < -0.4 is 0 Å². The number of nitrogens with zero attached hydrogens (tertiary/aromatic N) is 1. The third-order valence-corrected chi connectivity index (χ3v) is 2.24. The number of hydrogen-bond acceptors (Lipinski definition) is 2. The van der Waals surface area contributed by atoms with Gasteiger partial charge in [0.1, 0.15) is 5.60 Å². The van der Waals surface area contributed by atoms with Gasteiger partial charge in [0.2, 0.25) is 0 Å². The van der Waals surface area contributed by atoms with Crippen molar-refractivity contribution in [3.05, 3.63) is 11.1 Å². The van der Waals surface area contributed by atoms with E-state index in [-0.39, 0.29) is 6.09 Å². The highest BCUT2D eigenvalue weighted by molar-refractivity contribution is 5.69. The van der Waals surface area contributed by atoms with Crippen molar-refractivity contribution >= 4 is 6.09 Å². The van der Waals surface area contributed by atoms with Gasteiger partial charge < -0.3 is 9.64 Å². The molecule has 0 saturated carbocycles. The van der Waals surface area contributed by atoms with E-state index in [2.05, 4.69) is 13.8 Å². The quantitative estimate of drug-likeness (QED) is 0.558. The number of carbonyl (C=O) groups excluding carboxylic acids is 1. The van der Waals surface area contributed by atoms with Gasteiger partial charge in [-0.2, -0.15) is 0 Å². The Balaban J connectivity index is 2.51. The molecule has 14 heavy (non-hydrogen) atoms. The zero-order chi connectivity index (χ0) is 10.9. The fourth-order valence-corrected chi connectivity index (χ4v) is 1.35. The lowest BCUT2D eigenvalue weighted by Gasteiger charge is -2.24. The van der Waals surface area contributed by atoms with E-state index < -0.39 is 5.60 Å². The topological polar surface area (TPSA) is 29.5 Å². The van der Waals surface area contributed by atoms with E-state index in [1.807, 2.05) is 20.8 Å². The largest absolute Gasteiger partial charge is 0.444 e. The zero-order valence-corrected chi connectivity index (χ0v) is 9.68. The first kappa shape index (κ1) is 11.1. The first-order chi connectivity index (χ1) is 6.29. The second-order valence-corrected chi connectivity index (χ2v) is 4.90. The minimum absolute atomic E-state index is 0.214. The Kier molecular flexibility index (Phi) is 2.88. The summed E-state index contributed by atoms with van der Waals surface area (Å²) in [5.74, 6) is 0. The van der Waals surface area contributed by atoms with E-state index in [0.29, 0.717) is 13.1 Å². The molecule has 0 atom stereocenters. The molecule has 0 N–H and O–H groups in total. The van der Waals surface area contributed by atoms with Crippen molar-refractivity contribution in [1.82, 2.24) is 4.90 Å². The van der Waals surface area contributed by atoms with Gasteiger partial charge in [0.15, 0.2) is 0 Å². The molecule has 1 heterocycles. The van der Waals surface area contributed by atoms with Gasteiger partial charge in [-0.05, 0) is 34.6 Å². The highest BCUT2D eigenvalue weighted by Crippen LogP contribution is 2.19. The summed E-state index contributed by atoms with van der Waals surface area (Å²) in [5.41, 5.74) is 2.15. The van der Waals surface area contributed by atoms with Gasteiger partial charge in [0.25, 0.3) is 0 Å². The van der Waals surface area contributed by atoms with Crippen molar-refractivity contribution in [3.8, 4) is 0 Å². The molecule has 0 saturated heterocycles. The number of carbonyl (C=O) groups is 1. The fraction of sp³-hybridized carbons (Fsp3) is 0.727. The molecule has 0 fully saturated rings. The van der Waals surface area contributed by atoms with E-state index in [1.54, 1.807) is 4.90 Å². The highest BCUT2D eigenvalue weighted by Gasteiger charge is 2.25. The predicted octanol–water partition coefficient (Wildman–Crippen LogP) is 2.57. The monoisotopic (exact) mass is 197 g/mol. The molecule has 0 aromatic carbocycles. The molecule has 1 rings (SSSR count). The lowest BCUT2D eigenvalue weighted by Crippen LogP contribution is -2.35. The Morgan fingerprint density at radius 2 is 1.64 bits per heavy atom. The molecule has 3 heteroatoms. The third-order valence-electron chi connectivity index (χ3n) is 2.24. The fourth-order valence-electron chi connectivity index (χ4n) is 1.35. The molecule has 0 aromatic heterocycles. The van der Waals surface area contributed by atoms with Crippen molar-refractivity contribution in [3.63, 3.8) is 0 Å². The van der Waals surface area contributed by atoms with E-state index in [4.69, 9.17) is 4.74 Å². The molecule has 0 aromatic rings. The summed E-state index contributed by atoms with van der Waals surface area (Å²) in [6, 6.07) is 0. The Bertz CT molecular complexity index is 260. The summed E-state index contributed by atoms with van der Waals surface area (Å²) >= 11 is 0. The maximum atomic E-state index is 11.6. The number of rotatable bonds is 0. The highest BCUT2D eigenvalue weighted by atomic mass is 16.6. The SMILES string of the molecule is CC1=C(C)CN(C(=O)OC(C)(C)C)C1. The first-order valence-electron chi connectivity index (χ1n) is 4.93. The summed E-state index contributed by atoms with van der Waals surface area (Å²) in [6.45, 7) is 11.2. The molecule has 0 radical (unpaired) electrons. The third kappa shape index (κ3) is 2.76. The summed E-state index contributed by atoms with van der Waals surface area (Å²) in [6.07, 6.45) is -0.214. The van der Waals surface area contributed by atoms with E-state index in [0.717, 1.165) is 0 Å². The molecular weight excluding hydrogens is 178 g/mol. The van der Waals surface area contributed by atoms with Crippen LogP contribution in [0.15, 0.2) is 11.1 Å². The molecule has 0 spiro atoms. The summed E-state index contributed by atoms with van der Waals surface area (Å²) < 4.78 is 5.28. The maximum Gasteiger partial charge on any atom is 0.410 e. The second kappa shape index (κ2) is 3.64. The van der Waals surface area contributed by atoms with E-state index in [1.165, 1.54) is 11.1 Å². The minimum atomic E-state index is -0.401. The molecule has 1 aliphatic rings. The standard InChI is InChI=1S/C11H19NO2/c1-8-6-12(7-9(8)2)10(13)14-11(3,4)5/h6-7H2,1-5H3. The van der Waals surface area contributed by atoms with Gasteiger partial charge in [-0.3, -0.25) is 0 Å². The van der Waals surface area contributed by atoms with E-state index >= 15 is 0 Å². The van der Waals surface area contributed by atoms with Crippen LogP contribution in [0.3, 0.4) is 0 Å². The molecule has 0 bridgehead atoms. The van der Waals surface area contributed by atoms with Crippen LogP contribution >= 0.6 is 0 Å². The van der Waals surface area contributed by atoms with E-state index in [9.17, 15) is 4.79 Å². The Morgan fingerprint density at radius 1 is 1.21 bits per heavy atom. The van der Waals surface area contributed by atoms with Crippen LogP contribution in [0, 0.1) is 0 Å². The lowest BCUT2D eigenvalue weighted by atomic mass is 10.2. The van der Waals surface area contributed by atoms with Crippen LogP contribution in [0.5, 0.6) is 0 Å². The van der Waals surface area contributed by atoms with Gasteiger partial charge in [0.05, 0.1) is 0 Å². The van der Waals surface area contributed by atoms with Gasteiger partial charge in [-0.1, -0.05) is 11.1 Å². The zero-order valence-electron chi connectivity index (χ0n) is 9.68. The molecule has 1 amide bonds. The van der Waals surface area contributed by atoms with Crippen LogP contribution in [0.4, 0.5) is 4.79 Å². The van der Waals surface area contributed by atoms with Gasteiger partial charge >= 0.3 is 6.09 Å². The summed E-state index contributed by atoms with van der Waals surface area (Å²) in [5, 5.41) is 0. The van der Waals surface area contributed by atoms with Crippen LogP contribution in [0.1, 0.15) is 34.6 Å². The van der Waals surface area contributed by atoms with Gasteiger partial charge in [-0.25, -0.2) is 4.79 Å². The average Bonchev–Trinajstić information content (AvgIpc) is 2.28. The van der Waals surface area contributed by atoms with Crippen LogP contribution in [0.25, 0.3) is 0 Å². The molecule has 0 aliphatic carbocycles. The minimum Gasteiger partial charge on any atom is -0.444 e. The average molecular weight is 197 g/mol. The number of hydrogen-bond donors (Lipinski definition) is 0. The van der Waals surface area contributed by atoms with Crippen molar-refractivity contribution in [2.24, 2.45) is 0 Å². The molecule has 0 unspecified atom stereocenters. The molecule has 80 valence electrons. The van der Waals surface area contributed by atoms with Crippen molar-refractivity contribution < 1.29 is 9.53 Å². The summed E-state index contributed by atoms with van der Waals surface area (Å²) in [4.78, 5) is 13.4. The maximum absolute atomic E-state index is 11.6. The van der Waals surface area contributed by atoms with Crippen molar-refractivity contribution in [2.75, 3.05) is 13.1 Å². The molecule has 1 aliphatic heterocycles. The lowest BCUT2D eigenvalue weighted by molar-refractivity contribution is 0.0299. The van der Waals surface area contributed by atoms with Crippen molar-refractivity contribution in [1.29, 1.82) is 0 Å².